The summed E-state index contributed by atoms with van der Waals surface area (Å²) in [6, 6.07) is 10.5. The fourth-order valence-electron chi connectivity index (χ4n) is 4.48. The Morgan fingerprint density at radius 3 is 2.36 bits per heavy atom. The number of carbonyl (C=O) groups is 3. The Bertz CT molecular complexity index is 1220. The molecule has 2 aliphatic heterocycles. The lowest BCUT2D eigenvalue weighted by molar-refractivity contribution is -0.122. The fraction of sp³-hybridized carbons (Fsp3) is 0.375. The molecule has 2 aliphatic rings. The molecule has 8 nitrogen and oxygen atoms in total. The highest BCUT2D eigenvalue weighted by Gasteiger charge is 2.38. The number of fused-ring (bicyclic) bond motifs is 1. The van der Waals surface area contributed by atoms with Gasteiger partial charge in [0, 0.05) is 43.4 Å². The van der Waals surface area contributed by atoms with Crippen LogP contribution >= 0.6 is 0 Å². The van der Waals surface area contributed by atoms with Crippen molar-refractivity contribution in [2.45, 2.75) is 50.5 Å². The van der Waals surface area contributed by atoms with Gasteiger partial charge in [0.05, 0.1) is 4.90 Å². The first kappa shape index (κ1) is 23.1. The zero-order chi connectivity index (χ0) is 23.8. The van der Waals surface area contributed by atoms with Gasteiger partial charge in [0.1, 0.15) is 6.04 Å². The van der Waals surface area contributed by atoms with Crippen LogP contribution in [0.4, 0.5) is 11.4 Å². The summed E-state index contributed by atoms with van der Waals surface area (Å²) in [4.78, 5) is 38.7. The Balaban J connectivity index is 1.60. The molecule has 9 heteroatoms. The highest BCUT2D eigenvalue weighted by molar-refractivity contribution is 7.89. The van der Waals surface area contributed by atoms with Gasteiger partial charge in [-0.2, -0.15) is 4.31 Å². The molecule has 1 fully saturated rings. The van der Waals surface area contributed by atoms with Crippen molar-refractivity contribution in [3.05, 3.63) is 53.6 Å². The SMILES string of the molecule is CC(=O)c1cccc(NC(=O)C2Cc3cc(S(=O)(=O)N4CCCCC4)ccc3N2C(C)=O)c1. The molecule has 0 spiro atoms. The van der Waals surface area contributed by atoms with E-state index >= 15 is 0 Å². The third kappa shape index (κ3) is 4.56. The lowest BCUT2D eigenvalue weighted by Crippen LogP contribution is -2.44. The molecular formula is C24H27N3O5S. The van der Waals surface area contributed by atoms with E-state index in [1.165, 1.54) is 29.1 Å². The molecule has 1 atom stereocenters. The van der Waals surface area contributed by atoms with Gasteiger partial charge >= 0.3 is 0 Å². The summed E-state index contributed by atoms with van der Waals surface area (Å²) in [5.41, 5.74) is 2.11. The zero-order valence-electron chi connectivity index (χ0n) is 18.7. The van der Waals surface area contributed by atoms with E-state index in [1.807, 2.05) is 0 Å². The minimum absolute atomic E-state index is 0.118. The maximum Gasteiger partial charge on any atom is 0.247 e. The predicted octanol–water partition coefficient (Wildman–Crippen LogP) is 2.98. The van der Waals surface area contributed by atoms with Crippen molar-refractivity contribution in [2.24, 2.45) is 0 Å². The maximum atomic E-state index is 13.1. The number of rotatable bonds is 5. The Labute approximate surface area is 193 Å². The van der Waals surface area contributed by atoms with E-state index in [0.717, 1.165) is 19.3 Å². The van der Waals surface area contributed by atoms with Crippen LogP contribution in [0, 0.1) is 0 Å². The molecule has 1 saturated heterocycles. The maximum absolute atomic E-state index is 13.1. The summed E-state index contributed by atoms with van der Waals surface area (Å²) in [5.74, 6) is -0.826. The van der Waals surface area contributed by atoms with Gasteiger partial charge in [-0.3, -0.25) is 19.3 Å². The van der Waals surface area contributed by atoms with Gasteiger partial charge in [-0.1, -0.05) is 18.6 Å². The van der Waals surface area contributed by atoms with Crippen LogP contribution in [0.3, 0.4) is 0 Å². The summed E-state index contributed by atoms with van der Waals surface area (Å²) in [5, 5.41) is 2.78. The van der Waals surface area contributed by atoms with Crippen molar-refractivity contribution in [3.8, 4) is 0 Å². The molecular weight excluding hydrogens is 442 g/mol. The average Bonchev–Trinajstić information content (AvgIpc) is 3.19. The van der Waals surface area contributed by atoms with E-state index in [4.69, 9.17) is 0 Å². The minimum Gasteiger partial charge on any atom is -0.324 e. The summed E-state index contributed by atoms with van der Waals surface area (Å²) in [6.07, 6.45) is 2.91. The molecule has 2 aromatic rings. The van der Waals surface area contributed by atoms with Gasteiger partial charge in [0.15, 0.2) is 5.78 Å². The van der Waals surface area contributed by atoms with Gasteiger partial charge in [-0.15, -0.1) is 0 Å². The number of sulfonamides is 1. The topological polar surface area (TPSA) is 104 Å². The molecule has 0 radical (unpaired) electrons. The number of hydrogen-bond donors (Lipinski definition) is 1. The first-order valence-corrected chi connectivity index (χ1v) is 12.5. The fourth-order valence-corrected chi connectivity index (χ4v) is 6.05. The van der Waals surface area contributed by atoms with Crippen molar-refractivity contribution >= 4 is 39.0 Å². The molecule has 174 valence electrons. The second-order valence-electron chi connectivity index (χ2n) is 8.49. The van der Waals surface area contributed by atoms with Crippen LogP contribution in [-0.4, -0.2) is 49.5 Å². The Hall–Kier alpha value is -3.04. The van der Waals surface area contributed by atoms with E-state index in [9.17, 15) is 22.8 Å². The van der Waals surface area contributed by atoms with E-state index < -0.39 is 22.0 Å². The highest BCUT2D eigenvalue weighted by atomic mass is 32.2. The largest absolute Gasteiger partial charge is 0.324 e. The quantitative estimate of drug-likeness (QED) is 0.678. The number of amides is 2. The minimum atomic E-state index is -3.62. The van der Waals surface area contributed by atoms with Gasteiger partial charge in [0.2, 0.25) is 21.8 Å². The van der Waals surface area contributed by atoms with E-state index in [1.54, 1.807) is 36.4 Å². The number of nitrogens with zero attached hydrogens (tertiary/aromatic N) is 2. The Kier molecular flexibility index (Phi) is 6.36. The second-order valence-corrected chi connectivity index (χ2v) is 10.4. The summed E-state index contributed by atoms with van der Waals surface area (Å²) < 4.78 is 27.7. The van der Waals surface area contributed by atoms with Crippen LogP contribution in [-0.2, 0) is 26.0 Å². The molecule has 1 N–H and O–H groups in total. The monoisotopic (exact) mass is 469 g/mol. The van der Waals surface area contributed by atoms with Crippen molar-refractivity contribution < 1.29 is 22.8 Å². The first-order chi connectivity index (χ1) is 15.7. The van der Waals surface area contributed by atoms with Crippen LogP contribution in [0.5, 0.6) is 0 Å². The van der Waals surface area contributed by atoms with Crippen molar-refractivity contribution in [2.75, 3.05) is 23.3 Å². The number of piperidine rings is 1. The van der Waals surface area contributed by atoms with Gasteiger partial charge in [-0.05, 0) is 55.7 Å². The van der Waals surface area contributed by atoms with E-state index in [2.05, 4.69) is 5.32 Å². The number of hydrogen-bond acceptors (Lipinski definition) is 5. The van der Waals surface area contributed by atoms with E-state index in [0.29, 0.717) is 35.6 Å². The van der Waals surface area contributed by atoms with Crippen LogP contribution in [0.25, 0.3) is 0 Å². The lowest BCUT2D eigenvalue weighted by Gasteiger charge is -2.26. The van der Waals surface area contributed by atoms with Crippen molar-refractivity contribution in [3.63, 3.8) is 0 Å². The lowest BCUT2D eigenvalue weighted by atomic mass is 10.1. The number of anilines is 2. The Morgan fingerprint density at radius 1 is 0.970 bits per heavy atom. The van der Waals surface area contributed by atoms with Gasteiger partial charge in [-0.25, -0.2) is 8.42 Å². The van der Waals surface area contributed by atoms with Gasteiger partial charge < -0.3 is 5.32 Å². The number of nitrogens with one attached hydrogen (secondary N) is 1. The number of ketones is 1. The van der Waals surface area contributed by atoms with Crippen LogP contribution in [0.2, 0.25) is 0 Å². The third-order valence-electron chi connectivity index (χ3n) is 6.17. The molecule has 2 amide bonds. The average molecular weight is 470 g/mol. The number of Topliss-reactive ketones (excluding diaryl/α,β-unsaturated/α-hetero) is 1. The molecule has 0 bridgehead atoms. The summed E-state index contributed by atoms with van der Waals surface area (Å²) >= 11 is 0. The standard InChI is InChI=1S/C24H27N3O5S/c1-16(28)18-7-6-8-20(13-18)25-24(30)23-15-19-14-21(9-10-22(19)27(23)17(2)29)33(31,32)26-11-4-3-5-12-26/h6-10,13-14,23H,3-5,11-12,15H2,1-2H3,(H,25,30). The molecule has 2 heterocycles. The summed E-state index contributed by atoms with van der Waals surface area (Å²) in [7, 11) is -3.62. The van der Waals surface area contributed by atoms with Crippen molar-refractivity contribution in [1.82, 2.24) is 4.31 Å². The summed E-state index contributed by atoms with van der Waals surface area (Å²) in [6.45, 7) is 3.83. The number of carbonyl (C=O) groups excluding carboxylic acids is 3. The predicted molar refractivity (Wildman–Crippen MR) is 125 cm³/mol. The van der Waals surface area contributed by atoms with Crippen molar-refractivity contribution in [1.29, 1.82) is 0 Å². The molecule has 1 unspecified atom stereocenters. The van der Waals surface area contributed by atoms with Crippen LogP contribution < -0.4 is 10.2 Å². The number of benzene rings is 2. The second kappa shape index (κ2) is 9.07. The van der Waals surface area contributed by atoms with Crippen LogP contribution in [0.1, 0.15) is 49.0 Å². The van der Waals surface area contributed by atoms with Crippen LogP contribution in [0.15, 0.2) is 47.4 Å². The zero-order valence-corrected chi connectivity index (χ0v) is 19.5. The normalized spacial score (nSPS) is 18.6. The highest BCUT2D eigenvalue weighted by Crippen LogP contribution is 2.35. The molecule has 4 rings (SSSR count). The third-order valence-corrected chi connectivity index (χ3v) is 8.06. The Morgan fingerprint density at radius 2 is 1.70 bits per heavy atom. The molecule has 33 heavy (non-hydrogen) atoms. The smallest absolute Gasteiger partial charge is 0.247 e. The van der Waals surface area contributed by atoms with Gasteiger partial charge in [0.25, 0.3) is 0 Å². The van der Waals surface area contributed by atoms with E-state index in [-0.39, 0.29) is 23.0 Å². The molecule has 0 aromatic heterocycles. The molecule has 2 aromatic carbocycles. The molecule has 0 aliphatic carbocycles. The molecule has 0 saturated carbocycles. The first-order valence-electron chi connectivity index (χ1n) is 11.0.